The van der Waals surface area contributed by atoms with E-state index in [1.165, 1.54) is 12.1 Å². The average Bonchev–Trinajstić information content (AvgIpc) is 2.97. The topological polar surface area (TPSA) is 51.5 Å². The Bertz CT molecular complexity index is 773. The van der Waals surface area contributed by atoms with Gasteiger partial charge in [0.25, 0.3) is 0 Å². The second kappa shape index (κ2) is 6.70. The van der Waals surface area contributed by atoms with Gasteiger partial charge in [-0.2, -0.15) is 8.78 Å². The number of pyridine rings is 1. The summed E-state index contributed by atoms with van der Waals surface area (Å²) < 4.78 is 30.5. The lowest BCUT2D eigenvalue weighted by atomic mass is 10.2. The summed E-state index contributed by atoms with van der Waals surface area (Å²) in [5.74, 6) is 0.971. The summed E-state index contributed by atoms with van der Waals surface area (Å²) in [4.78, 5) is 0. The van der Waals surface area contributed by atoms with Crippen molar-refractivity contribution in [2.45, 2.75) is 26.1 Å². The normalized spacial score (nSPS) is 12.7. The van der Waals surface area contributed by atoms with Crippen LogP contribution in [0, 0.1) is 0 Å². The van der Waals surface area contributed by atoms with E-state index in [2.05, 4.69) is 20.3 Å². The molecule has 0 radical (unpaired) electrons. The van der Waals surface area contributed by atoms with Crippen molar-refractivity contribution in [3.8, 4) is 5.75 Å². The number of halogens is 2. The fourth-order valence-corrected chi connectivity index (χ4v) is 2.31. The fourth-order valence-electron chi connectivity index (χ4n) is 2.31. The quantitative estimate of drug-likeness (QED) is 0.758. The molecule has 0 bridgehead atoms. The van der Waals surface area contributed by atoms with Crippen LogP contribution in [0.1, 0.15) is 24.4 Å². The molecular formula is C16H16F2N4O. The molecule has 0 unspecified atom stereocenters. The molecule has 0 fully saturated rings. The lowest BCUT2D eigenvalue weighted by molar-refractivity contribution is -0.0498. The van der Waals surface area contributed by atoms with Crippen molar-refractivity contribution in [2.24, 2.45) is 0 Å². The maximum atomic E-state index is 12.1. The van der Waals surface area contributed by atoms with Gasteiger partial charge >= 0.3 is 6.61 Å². The van der Waals surface area contributed by atoms with Crippen molar-refractivity contribution in [1.82, 2.24) is 19.9 Å². The Morgan fingerprint density at radius 3 is 2.65 bits per heavy atom. The molecule has 0 saturated carbocycles. The lowest BCUT2D eigenvalue weighted by Crippen LogP contribution is -2.20. The number of rotatable bonds is 6. The van der Waals surface area contributed by atoms with Crippen molar-refractivity contribution < 1.29 is 13.5 Å². The molecule has 0 aliphatic heterocycles. The molecule has 1 atom stereocenters. The summed E-state index contributed by atoms with van der Waals surface area (Å²) in [6.45, 7) is -0.226. The first-order valence-electron chi connectivity index (χ1n) is 7.20. The summed E-state index contributed by atoms with van der Waals surface area (Å²) in [6, 6.07) is 12.3. The van der Waals surface area contributed by atoms with Crippen LogP contribution in [-0.4, -0.2) is 21.2 Å². The average molecular weight is 318 g/mol. The molecule has 0 amide bonds. The largest absolute Gasteiger partial charge is 0.435 e. The number of ether oxygens (including phenoxy) is 1. The van der Waals surface area contributed by atoms with Gasteiger partial charge < -0.3 is 10.1 Å². The van der Waals surface area contributed by atoms with E-state index >= 15 is 0 Å². The van der Waals surface area contributed by atoms with Gasteiger partial charge in [-0.1, -0.05) is 18.2 Å². The first-order chi connectivity index (χ1) is 11.1. The highest BCUT2D eigenvalue weighted by molar-refractivity contribution is 5.37. The molecule has 1 aromatic carbocycles. The predicted molar refractivity (Wildman–Crippen MR) is 81.3 cm³/mol. The third kappa shape index (κ3) is 3.62. The number of aromatic nitrogens is 3. The molecule has 120 valence electrons. The standard InChI is InChI=1S/C16H16F2N4O/c1-11(15-21-20-14-4-2-3-9-22(14)15)19-10-12-5-7-13(8-6-12)23-16(17)18/h2-9,11,16,19H,10H2,1H3/t11-/m1/s1. The van der Waals surface area contributed by atoms with Gasteiger partial charge in [0, 0.05) is 12.7 Å². The van der Waals surface area contributed by atoms with Gasteiger partial charge in [0.1, 0.15) is 5.75 Å². The molecule has 2 heterocycles. The molecule has 1 N–H and O–H groups in total. The van der Waals surface area contributed by atoms with Crippen LogP contribution < -0.4 is 10.1 Å². The zero-order chi connectivity index (χ0) is 16.2. The monoisotopic (exact) mass is 318 g/mol. The number of hydrogen-bond acceptors (Lipinski definition) is 4. The third-order valence-corrected chi connectivity index (χ3v) is 3.49. The number of benzene rings is 1. The minimum absolute atomic E-state index is 0.00982. The van der Waals surface area contributed by atoms with E-state index in [4.69, 9.17) is 0 Å². The lowest BCUT2D eigenvalue weighted by Gasteiger charge is -2.12. The molecule has 0 aliphatic carbocycles. The highest BCUT2D eigenvalue weighted by Gasteiger charge is 2.12. The molecule has 0 aliphatic rings. The van der Waals surface area contributed by atoms with E-state index in [0.29, 0.717) is 6.54 Å². The maximum Gasteiger partial charge on any atom is 0.387 e. The smallest absolute Gasteiger partial charge is 0.387 e. The molecule has 0 saturated heterocycles. The maximum absolute atomic E-state index is 12.1. The third-order valence-electron chi connectivity index (χ3n) is 3.49. The highest BCUT2D eigenvalue weighted by Crippen LogP contribution is 2.16. The Kier molecular flexibility index (Phi) is 4.47. The fraction of sp³-hybridized carbons (Fsp3) is 0.250. The van der Waals surface area contributed by atoms with Gasteiger partial charge in [-0.05, 0) is 36.8 Å². The van der Waals surface area contributed by atoms with E-state index in [1.54, 1.807) is 12.1 Å². The number of alkyl halides is 2. The van der Waals surface area contributed by atoms with E-state index < -0.39 is 6.61 Å². The number of nitrogens with one attached hydrogen (secondary N) is 1. The highest BCUT2D eigenvalue weighted by atomic mass is 19.3. The Balaban J connectivity index is 1.63. The van der Waals surface area contributed by atoms with Crippen molar-refractivity contribution in [2.75, 3.05) is 0 Å². The molecular weight excluding hydrogens is 302 g/mol. The van der Waals surface area contributed by atoms with Crippen molar-refractivity contribution in [3.05, 3.63) is 60.0 Å². The van der Waals surface area contributed by atoms with Crippen molar-refractivity contribution in [1.29, 1.82) is 0 Å². The van der Waals surface area contributed by atoms with Gasteiger partial charge in [-0.15, -0.1) is 10.2 Å². The molecule has 5 nitrogen and oxygen atoms in total. The summed E-state index contributed by atoms with van der Waals surface area (Å²) in [6.07, 6.45) is 1.92. The van der Waals surface area contributed by atoms with Crippen LogP contribution in [0.5, 0.6) is 5.75 Å². The summed E-state index contributed by atoms with van der Waals surface area (Å²) in [5.41, 5.74) is 1.76. The Hall–Kier alpha value is -2.54. The number of hydrogen-bond donors (Lipinski definition) is 1. The molecule has 3 aromatic rings. The predicted octanol–water partition coefficient (Wildman–Crippen LogP) is 3.18. The van der Waals surface area contributed by atoms with Crippen LogP contribution in [0.15, 0.2) is 48.7 Å². The van der Waals surface area contributed by atoms with Gasteiger partial charge in [0.05, 0.1) is 6.04 Å². The second-order valence-electron chi connectivity index (χ2n) is 5.11. The zero-order valence-corrected chi connectivity index (χ0v) is 12.5. The molecule has 2 aromatic heterocycles. The van der Waals surface area contributed by atoms with Crippen LogP contribution in [0.25, 0.3) is 5.65 Å². The molecule has 3 rings (SSSR count). The molecule has 0 spiro atoms. The number of fused-ring (bicyclic) bond motifs is 1. The Labute approximate surface area is 131 Å². The Morgan fingerprint density at radius 1 is 1.13 bits per heavy atom. The van der Waals surface area contributed by atoms with Crippen molar-refractivity contribution >= 4 is 5.65 Å². The van der Waals surface area contributed by atoms with Crippen LogP contribution >= 0.6 is 0 Å². The first-order valence-corrected chi connectivity index (χ1v) is 7.20. The summed E-state index contributed by atoms with van der Waals surface area (Å²) in [5, 5.41) is 11.7. The summed E-state index contributed by atoms with van der Waals surface area (Å²) >= 11 is 0. The van der Waals surface area contributed by atoms with E-state index in [1.807, 2.05) is 35.7 Å². The van der Waals surface area contributed by atoms with Gasteiger partial charge in [0.2, 0.25) is 0 Å². The van der Waals surface area contributed by atoms with E-state index in [0.717, 1.165) is 17.0 Å². The van der Waals surface area contributed by atoms with Gasteiger partial charge in [0.15, 0.2) is 11.5 Å². The van der Waals surface area contributed by atoms with E-state index in [9.17, 15) is 8.78 Å². The van der Waals surface area contributed by atoms with Crippen LogP contribution in [-0.2, 0) is 6.54 Å². The van der Waals surface area contributed by atoms with Gasteiger partial charge in [-0.3, -0.25) is 4.40 Å². The van der Waals surface area contributed by atoms with Gasteiger partial charge in [-0.25, -0.2) is 0 Å². The SMILES string of the molecule is C[C@@H](NCc1ccc(OC(F)F)cc1)c1nnc2ccccn12. The van der Waals surface area contributed by atoms with Crippen molar-refractivity contribution in [3.63, 3.8) is 0 Å². The van der Waals surface area contributed by atoms with Crippen LogP contribution in [0.2, 0.25) is 0 Å². The molecule has 7 heteroatoms. The Morgan fingerprint density at radius 2 is 1.91 bits per heavy atom. The minimum Gasteiger partial charge on any atom is -0.435 e. The first kappa shape index (κ1) is 15.4. The van der Waals surface area contributed by atoms with Crippen LogP contribution in [0.4, 0.5) is 8.78 Å². The molecule has 23 heavy (non-hydrogen) atoms. The minimum atomic E-state index is -2.81. The second-order valence-corrected chi connectivity index (χ2v) is 5.11. The van der Waals surface area contributed by atoms with Crippen LogP contribution in [0.3, 0.4) is 0 Å². The van der Waals surface area contributed by atoms with E-state index in [-0.39, 0.29) is 11.8 Å². The zero-order valence-electron chi connectivity index (χ0n) is 12.5. The number of nitrogens with zero attached hydrogens (tertiary/aromatic N) is 3. The summed E-state index contributed by atoms with van der Waals surface area (Å²) in [7, 11) is 0.